The molecule has 1 aromatic rings. The van der Waals surface area contributed by atoms with Crippen LogP contribution in [-0.2, 0) is 16.0 Å². The number of nitriles is 1. The maximum atomic E-state index is 11.0. The largest absolute Gasteiger partial charge is 0.468 e. The molecule has 22 heavy (non-hydrogen) atoms. The Morgan fingerprint density at radius 3 is 2.00 bits per heavy atom. The normalized spacial score (nSPS) is 9.23. The summed E-state index contributed by atoms with van der Waals surface area (Å²) < 4.78 is 4.51. The van der Waals surface area contributed by atoms with Crippen molar-refractivity contribution in [2.24, 2.45) is 5.73 Å². The quantitative estimate of drug-likeness (QED) is 0.837. The minimum atomic E-state index is -0.650. The predicted octanol–water partition coefficient (Wildman–Crippen LogP) is 2.65. The van der Waals surface area contributed by atoms with Crippen LogP contribution < -0.4 is 5.73 Å². The van der Waals surface area contributed by atoms with Gasteiger partial charge in [-0.2, -0.15) is 5.26 Å². The van der Waals surface area contributed by atoms with Crippen LogP contribution >= 0.6 is 0 Å². The van der Waals surface area contributed by atoms with Crippen LogP contribution in [0, 0.1) is 11.3 Å². The number of aliphatic hydroxyl groups excluding tert-OH is 1. The second-order valence-corrected chi connectivity index (χ2v) is 3.85. The molecule has 1 rings (SSSR count). The second kappa shape index (κ2) is 19.1. The first-order valence-electron chi connectivity index (χ1n) is 7.36. The second-order valence-electron chi connectivity index (χ2n) is 3.85. The van der Waals surface area contributed by atoms with Crippen LogP contribution in [0.25, 0.3) is 0 Å². The molecule has 0 saturated heterocycles. The molecule has 0 saturated carbocycles. The van der Waals surface area contributed by atoms with Gasteiger partial charge in [0.2, 0.25) is 0 Å². The molecule has 0 fully saturated rings. The zero-order valence-electron chi connectivity index (χ0n) is 14.6. The van der Waals surface area contributed by atoms with Gasteiger partial charge >= 0.3 is 5.97 Å². The first kappa shape index (κ1) is 25.1. The first-order valence-corrected chi connectivity index (χ1v) is 7.36. The summed E-state index contributed by atoms with van der Waals surface area (Å²) in [4.78, 5) is 11.0. The van der Waals surface area contributed by atoms with Crippen LogP contribution in [0.3, 0.4) is 0 Å². The number of benzene rings is 1. The third-order valence-electron chi connectivity index (χ3n) is 2.04. The van der Waals surface area contributed by atoms with E-state index in [0.717, 1.165) is 12.7 Å². The third-order valence-corrected chi connectivity index (χ3v) is 2.04. The molecule has 5 nitrogen and oxygen atoms in total. The molecule has 1 aromatic carbocycles. The lowest BCUT2D eigenvalue weighted by Gasteiger charge is -2.08. The van der Waals surface area contributed by atoms with E-state index in [9.17, 15) is 4.79 Å². The van der Waals surface area contributed by atoms with Gasteiger partial charge in [-0.3, -0.25) is 4.79 Å². The topological polar surface area (TPSA) is 96.3 Å². The van der Waals surface area contributed by atoms with Gasteiger partial charge in [-0.25, -0.2) is 0 Å². The molecular formula is C17H30N2O3. The molecule has 0 bridgehead atoms. The Labute approximate surface area is 134 Å². The van der Waals surface area contributed by atoms with Gasteiger partial charge in [0.25, 0.3) is 0 Å². The molecule has 0 aliphatic rings. The van der Waals surface area contributed by atoms with Gasteiger partial charge in [0.15, 0.2) is 0 Å². The lowest BCUT2D eigenvalue weighted by atomic mass is 10.1. The average molecular weight is 310 g/mol. The van der Waals surface area contributed by atoms with E-state index in [1.165, 1.54) is 13.5 Å². The smallest absolute Gasteiger partial charge is 0.322 e. The highest BCUT2D eigenvalue weighted by molar-refractivity contribution is 5.75. The molecule has 0 aromatic heterocycles. The standard InChI is InChI=1S/C11H12N2O2.C3H8.C2H6.CH4O/c1-15-11(14)10(13)6-8-2-4-9(7-12)5-3-8;1-3-2;2*1-2/h2-5,10H,6,13H2,1H3;3H2,1-2H3;1-2H3;2H,1H3. The lowest BCUT2D eigenvalue weighted by Crippen LogP contribution is -2.33. The van der Waals surface area contributed by atoms with Crippen molar-refractivity contribution in [2.75, 3.05) is 14.2 Å². The maximum Gasteiger partial charge on any atom is 0.322 e. The number of methoxy groups -OCH3 is 1. The number of rotatable bonds is 3. The fourth-order valence-electron chi connectivity index (χ4n) is 1.20. The number of esters is 1. The fourth-order valence-corrected chi connectivity index (χ4v) is 1.20. The average Bonchev–Trinajstić information content (AvgIpc) is 2.59. The van der Waals surface area contributed by atoms with E-state index in [1.54, 1.807) is 24.3 Å². The number of hydrogen-bond acceptors (Lipinski definition) is 5. The number of carbonyl (C=O) groups excluding carboxylic acids is 1. The van der Waals surface area contributed by atoms with Gasteiger partial charge in [0.05, 0.1) is 18.7 Å². The van der Waals surface area contributed by atoms with E-state index < -0.39 is 12.0 Å². The Kier molecular flexibility index (Phi) is 21.8. The molecule has 0 aliphatic heterocycles. The summed E-state index contributed by atoms with van der Waals surface area (Å²) in [5.74, 6) is -0.431. The van der Waals surface area contributed by atoms with E-state index in [0.29, 0.717) is 12.0 Å². The zero-order valence-corrected chi connectivity index (χ0v) is 14.6. The summed E-state index contributed by atoms with van der Waals surface area (Å²) in [5.41, 5.74) is 7.09. The Hall–Kier alpha value is -1.90. The molecule has 5 heteroatoms. The molecule has 0 heterocycles. The monoisotopic (exact) mass is 310 g/mol. The molecule has 3 N–H and O–H groups in total. The zero-order chi connectivity index (χ0) is 18.0. The highest BCUT2D eigenvalue weighted by atomic mass is 16.5. The molecule has 0 amide bonds. The van der Waals surface area contributed by atoms with E-state index in [4.69, 9.17) is 16.1 Å². The van der Waals surface area contributed by atoms with Gasteiger partial charge in [0.1, 0.15) is 6.04 Å². The van der Waals surface area contributed by atoms with Crippen LogP contribution in [0.5, 0.6) is 0 Å². The predicted molar refractivity (Wildman–Crippen MR) is 90.3 cm³/mol. The minimum Gasteiger partial charge on any atom is -0.468 e. The SMILES string of the molecule is CC.CCC.CO.COC(=O)C(N)Cc1ccc(C#N)cc1. The van der Waals surface area contributed by atoms with Gasteiger partial charge < -0.3 is 15.6 Å². The van der Waals surface area contributed by atoms with Crippen LogP contribution in [0.15, 0.2) is 24.3 Å². The number of hydrogen-bond donors (Lipinski definition) is 2. The summed E-state index contributed by atoms with van der Waals surface area (Å²) in [5, 5.41) is 15.6. The van der Waals surface area contributed by atoms with Crippen molar-refractivity contribution in [1.82, 2.24) is 0 Å². The van der Waals surface area contributed by atoms with Crippen molar-refractivity contribution in [3.63, 3.8) is 0 Å². The highest BCUT2D eigenvalue weighted by Gasteiger charge is 2.13. The van der Waals surface area contributed by atoms with Crippen molar-refractivity contribution in [2.45, 2.75) is 46.6 Å². The van der Waals surface area contributed by atoms with Crippen LogP contribution in [0.4, 0.5) is 0 Å². The van der Waals surface area contributed by atoms with Gasteiger partial charge in [0, 0.05) is 7.11 Å². The summed E-state index contributed by atoms with van der Waals surface area (Å²) in [6.45, 7) is 8.25. The third kappa shape index (κ3) is 13.1. The van der Waals surface area contributed by atoms with Crippen LogP contribution in [-0.4, -0.2) is 31.3 Å². The number of nitrogens with zero attached hydrogens (tertiary/aromatic N) is 1. The van der Waals surface area contributed by atoms with Gasteiger partial charge in [-0.05, 0) is 24.1 Å². The van der Waals surface area contributed by atoms with Gasteiger partial charge in [-0.15, -0.1) is 0 Å². The van der Waals surface area contributed by atoms with Gasteiger partial charge in [-0.1, -0.05) is 46.2 Å². The Bertz CT molecular complexity index is 397. The summed E-state index contributed by atoms with van der Waals surface area (Å²) >= 11 is 0. The molecule has 0 spiro atoms. The van der Waals surface area contributed by atoms with Crippen molar-refractivity contribution in [1.29, 1.82) is 5.26 Å². The number of carbonyl (C=O) groups is 1. The molecule has 0 radical (unpaired) electrons. The summed E-state index contributed by atoms with van der Waals surface area (Å²) in [7, 11) is 2.31. The minimum absolute atomic E-state index is 0.415. The van der Waals surface area contributed by atoms with Crippen LogP contribution in [0.2, 0.25) is 0 Å². The van der Waals surface area contributed by atoms with Crippen molar-refractivity contribution in [3.8, 4) is 6.07 Å². The summed E-state index contributed by atoms with van der Waals surface area (Å²) in [6, 6.07) is 8.31. The van der Waals surface area contributed by atoms with Crippen molar-refractivity contribution in [3.05, 3.63) is 35.4 Å². The van der Waals surface area contributed by atoms with Crippen molar-refractivity contribution >= 4 is 5.97 Å². The van der Waals surface area contributed by atoms with E-state index >= 15 is 0 Å². The fraction of sp³-hybridized carbons (Fsp3) is 0.529. The molecule has 1 atom stereocenters. The molecule has 126 valence electrons. The Morgan fingerprint density at radius 2 is 1.68 bits per heavy atom. The highest BCUT2D eigenvalue weighted by Crippen LogP contribution is 2.06. The Balaban J connectivity index is -0.000000446. The van der Waals surface area contributed by atoms with E-state index in [-0.39, 0.29) is 0 Å². The first-order chi connectivity index (χ1) is 10.6. The maximum absolute atomic E-state index is 11.0. The number of aliphatic hydroxyl groups is 1. The van der Waals surface area contributed by atoms with Crippen LogP contribution in [0.1, 0.15) is 45.2 Å². The molecule has 1 unspecified atom stereocenters. The van der Waals surface area contributed by atoms with Crippen molar-refractivity contribution < 1.29 is 14.6 Å². The Morgan fingerprint density at radius 1 is 1.27 bits per heavy atom. The van der Waals surface area contributed by atoms with E-state index in [1.807, 2.05) is 19.9 Å². The molecular weight excluding hydrogens is 280 g/mol. The number of ether oxygens (including phenoxy) is 1. The summed E-state index contributed by atoms with van der Waals surface area (Å²) in [6.07, 6.45) is 1.67. The number of nitrogens with two attached hydrogens (primary N) is 1. The molecule has 0 aliphatic carbocycles. The lowest BCUT2D eigenvalue weighted by molar-refractivity contribution is -0.142. The van der Waals surface area contributed by atoms with E-state index in [2.05, 4.69) is 18.6 Å².